The predicted molar refractivity (Wildman–Crippen MR) is 91.8 cm³/mol. The number of piperazine rings is 1. The molecular weight excluding hydrogens is 385 g/mol. The summed E-state index contributed by atoms with van der Waals surface area (Å²) in [5, 5.41) is 6.01. The van der Waals surface area contributed by atoms with Crippen LogP contribution in [0.3, 0.4) is 0 Å². The lowest BCUT2D eigenvalue weighted by atomic mass is 10.3. The van der Waals surface area contributed by atoms with E-state index in [9.17, 15) is 9.59 Å². The van der Waals surface area contributed by atoms with Gasteiger partial charge in [-0.3, -0.25) is 14.6 Å². The van der Waals surface area contributed by atoms with E-state index in [4.69, 9.17) is 0 Å². The molecule has 2 amide bonds. The van der Waals surface area contributed by atoms with E-state index in [1.165, 1.54) is 0 Å². The molecule has 7 nitrogen and oxygen atoms in total. The van der Waals surface area contributed by atoms with E-state index < -0.39 is 0 Å². The highest BCUT2D eigenvalue weighted by atomic mass is 127. The zero-order valence-electron chi connectivity index (χ0n) is 12.6. The molecule has 2 fully saturated rings. The third-order valence-corrected chi connectivity index (χ3v) is 3.59. The number of amides is 2. The molecular formula is C13H24IN5O2. The van der Waals surface area contributed by atoms with Gasteiger partial charge in [0, 0.05) is 46.2 Å². The maximum absolute atomic E-state index is 11.6. The van der Waals surface area contributed by atoms with Gasteiger partial charge in [0.1, 0.15) is 0 Å². The van der Waals surface area contributed by atoms with Crippen molar-refractivity contribution in [1.82, 2.24) is 20.4 Å². The van der Waals surface area contributed by atoms with Crippen LogP contribution in [0.25, 0.3) is 0 Å². The molecule has 0 spiro atoms. The smallest absolute Gasteiger partial charge is 0.239 e. The van der Waals surface area contributed by atoms with Crippen molar-refractivity contribution in [2.24, 2.45) is 4.99 Å². The Morgan fingerprint density at radius 2 is 1.71 bits per heavy atom. The fraction of sp³-hybridized carbons (Fsp3) is 0.769. The van der Waals surface area contributed by atoms with Gasteiger partial charge < -0.3 is 20.4 Å². The first-order chi connectivity index (χ1) is 9.60. The topological polar surface area (TPSA) is 77.0 Å². The van der Waals surface area contributed by atoms with Gasteiger partial charge in [0.2, 0.25) is 11.8 Å². The van der Waals surface area contributed by atoms with Gasteiger partial charge in [-0.1, -0.05) is 0 Å². The van der Waals surface area contributed by atoms with E-state index in [0.29, 0.717) is 19.1 Å². The van der Waals surface area contributed by atoms with E-state index >= 15 is 0 Å². The average molecular weight is 409 g/mol. The van der Waals surface area contributed by atoms with Gasteiger partial charge >= 0.3 is 0 Å². The summed E-state index contributed by atoms with van der Waals surface area (Å²) in [6.07, 6.45) is 2.18. The van der Waals surface area contributed by atoms with Gasteiger partial charge in [0.05, 0.1) is 6.54 Å². The fourth-order valence-corrected chi connectivity index (χ4v) is 2.23. The van der Waals surface area contributed by atoms with Crippen molar-refractivity contribution in [3.63, 3.8) is 0 Å². The summed E-state index contributed by atoms with van der Waals surface area (Å²) < 4.78 is 0. The largest absolute Gasteiger partial charge is 0.352 e. The van der Waals surface area contributed by atoms with Crippen LogP contribution in [0.2, 0.25) is 0 Å². The van der Waals surface area contributed by atoms with Crippen LogP contribution in [0.4, 0.5) is 0 Å². The Morgan fingerprint density at radius 3 is 2.19 bits per heavy atom. The molecule has 0 aromatic rings. The Kier molecular flexibility index (Phi) is 7.20. The summed E-state index contributed by atoms with van der Waals surface area (Å²) in [4.78, 5) is 31.0. The lowest BCUT2D eigenvalue weighted by molar-refractivity contribution is -0.130. The first-order valence-electron chi connectivity index (χ1n) is 7.10. The van der Waals surface area contributed by atoms with E-state index in [1.54, 1.807) is 14.0 Å². The van der Waals surface area contributed by atoms with Crippen molar-refractivity contribution in [2.75, 3.05) is 39.8 Å². The molecule has 120 valence electrons. The van der Waals surface area contributed by atoms with Crippen LogP contribution >= 0.6 is 24.0 Å². The number of guanidine groups is 1. The summed E-state index contributed by atoms with van der Waals surface area (Å²) in [5.41, 5.74) is 0. The van der Waals surface area contributed by atoms with E-state index in [-0.39, 0.29) is 42.3 Å². The first kappa shape index (κ1) is 18.0. The summed E-state index contributed by atoms with van der Waals surface area (Å²) in [6.45, 7) is 4.71. The van der Waals surface area contributed by atoms with Gasteiger partial charge in [-0.05, 0) is 12.8 Å². The van der Waals surface area contributed by atoms with Crippen molar-refractivity contribution in [3.05, 3.63) is 0 Å². The van der Waals surface area contributed by atoms with Crippen LogP contribution in [0.15, 0.2) is 4.99 Å². The number of hydrogen-bond donors (Lipinski definition) is 2. The van der Waals surface area contributed by atoms with Gasteiger partial charge in [0.15, 0.2) is 5.96 Å². The lowest BCUT2D eigenvalue weighted by Gasteiger charge is -2.36. The Balaban J connectivity index is 0.00000220. The number of rotatable bonds is 3. The number of nitrogens with one attached hydrogen (secondary N) is 2. The molecule has 1 aliphatic carbocycles. The Bertz CT molecular complexity index is 403. The van der Waals surface area contributed by atoms with Crippen molar-refractivity contribution in [2.45, 2.75) is 25.8 Å². The maximum atomic E-state index is 11.6. The predicted octanol–water partition coefficient (Wildman–Crippen LogP) is -0.377. The molecule has 0 radical (unpaired) electrons. The zero-order valence-corrected chi connectivity index (χ0v) is 14.9. The zero-order chi connectivity index (χ0) is 14.5. The van der Waals surface area contributed by atoms with Crippen molar-refractivity contribution < 1.29 is 9.59 Å². The molecule has 1 aliphatic heterocycles. The summed E-state index contributed by atoms with van der Waals surface area (Å²) in [5.74, 6) is 0.839. The van der Waals surface area contributed by atoms with E-state index in [1.807, 2.05) is 4.90 Å². The highest BCUT2D eigenvalue weighted by molar-refractivity contribution is 14.0. The minimum atomic E-state index is 0. The Morgan fingerprint density at radius 1 is 1.14 bits per heavy atom. The van der Waals surface area contributed by atoms with Crippen LogP contribution < -0.4 is 10.6 Å². The Hall–Kier alpha value is -1.06. The molecule has 0 bridgehead atoms. The second-order valence-corrected chi connectivity index (χ2v) is 5.24. The van der Waals surface area contributed by atoms with E-state index in [0.717, 1.165) is 31.9 Å². The minimum absolute atomic E-state index is 0. The summed E-state index contributed by atoms with van der Waals surface area (Å²) in [6, 6.07) is 0.380. The number of halogens is 1. The average Bonchev–Trinajstić information content (AvgIpc) is 3.24. The monoisotopic (exact) mass is 409 g/mol. The van der Waals surface area contributed by atoms with Crippen LogP contribution in [0.5, 0.6) is 0 Å². The second-order valence-electron chi connectivity index (χ2n) is 5.24. The van der Waals surface area contributed by atoms with Gasteiger partial charge in [-0.2, -0.15) is 0 Å². The highest BCUT2D eigenvalue weighted by Gasteiger charge is 2.24. The molecule has 0 aromatic heterocycles. The van der Waals surface area contributed by atoms with Crippen LogP contribution in [0, 0.1) is 0 Å². The number of carbonyl (C=O) groups excluding carboxylic acids is 2. The fourth-order valence-electron chi connectivity index (χ4n) is 2.23. The molecule has 1 saturated heterocycles. The Labute approximate surface area is 142 Å². The minimum Gasteiger partial charge on any atom is -0.352 e. The molecule has 8 heteroatoms. The van der Waals surface area contributed by atoms with Gasteiger partial charge in [-0.15, -0.1) is 24.0 Å². The summed E-state index contributed by atoms with van der Waals surface area (Å²) in [7, 11) is 1.71. The number of aliphatic imine (C=N–C) groups is 1. The second kappa shape index (κ2) is 8.40. The van der Waals surface area contributed by atoms with Crippen LogP contribution in [-0.2, 0) is 9.59 Å². The molecule has 0 aromatic carbocycles. The number of hydrogen-bond acceptors (Lipinski definition) is 3. The third-order valence-electron chi connectivity index (χ3n) is 3.59. The molecule has 2 aliphatic rings. The molecule has 1 saturated carbocycles. The molecule has 0 unspecified atom stereocenters. The standard InChI is InChI=1S/C13H23N5O2.HI/c1-10(19)17-5-7-18(8-6-17)13(14-2)15-9-12(20)16-11-3-4-11;/h11H,3-9H2,1-2H3,(H,14,15)(H,16,20);1H. The maximum Gasteiger partial charge on any atom is 0.239 e. The summed E-state index contributed by atoms with van der Waals surface area (Å²) >= 11 is 0. The lowest BCUT2D eigenvalue weighted by Crippen LogP contribution is -2.54. The molecule has 1 heterocycles. The third kappa shape index (κ3) is 5.68. The van der Waals surface area contributed by atoms with Gasteiger partial charge in [0.25, 0.3) is 0 Å². The normalized spacial score (nSPS) is 18.9. The molecule has 0 atom stereocenters. The SMILES string of the molecule is CN=C(NCC(=O)NC1CC1)N1CCN(C(C)=O)CC1.I. The first-order valence-corrected chi connectivity index (χ1v) is 7.10. The highest BCUT2D eigenvalue weighted by Crippen LogP contribution is 2.18. The van der Waals surface area contributed by atoms with E-state index in [2.05, 4.69) is 20.5 Å². The van der Waals surface area contributed by atoms with Crippen LogP contribution in [-0.4, -0.2) is 73.4 Å². The van der Waals surface area contributed by atoms with Crippen molar-refractivity contribution >= 4 is 41.8 Å². The molecule has 2 N–H and O–H groups in total. The molecule has 21 heavy (non-hydrogen) atoms. The number of nitrogens with zero attached hydrogens (tertiary/aromatic N) is 3. The quantitative estimate of drug-likeness (QED) is 0.379. The number of carbonyl (C=O) groups is 2. The van der Waals surface area contributed by atoms with Crippen molar-refractivity contribution in [3.8, 4) is 0 Å². The van der Waals surface area contributed by atoms with Gasteiger partial charge in [-0.25, -0.2) is 0 Å². The van der Waals surface area contributed by atoms with Crippen molar-refractivity contribution in [1.29, 1.82) is 0 Å². The molecule has 2 rings (SSSR count). The van der Waals surface area contributed by atoms with Crippen LogP contribution in [0.1, 0.15) is 19.8 Å².